The molecule has 0 spiro atoms. The Morgan fingerprint density at radius 3 is 2.52 bits per heavy atom. The summed E-state index contributed by atoms with van der Waals surface area (Å²) in [7, 11) is 0. The molecule has 1 aromatic rings. The number of rotatable bonds is 4. The summed E-state index contributed by atoms with van der Waals surface area (Å²) >= 11 is 0. The lowest BCUT2D eigenvalue weighted by atomic mass is 9.90. The van der Waals surface area contributed by atoms with Crippen molar-refractivity contribution in [2.45, 2.75) is 17.8 Å². The number of carboxylic acids is 1. The lowest BCUT2D eigenvalue weighted by Gasteiger charge is -2.30. The van der Waals surface area contributed by atoms with Crippen LogP contribution in [-0.4, -0.2) is 27.6 Å². The quantitative estimate of drug-likeness (QED) is 0.677. The third kappa shape index (κ3) is 3.03. The first-order valence-electron chi connectivity index (χ1n) is 6.26. The van der Waals surface area contributed by atoms with Gasteiger partial charge in [-0.3, -0.25) is 10.1 Å². The first-order valence-corrected chi connectivity index (χ1v) is 6.26. The molecule has 0 fully saturated rings. The van der Waals surface area contributed by atoms with Crippen molar-refractivity contribution >= 4 is 5.97 Å². The Kier molecular flexibility index (Phi) is 4.13. The zero-order chi connectivity index (χ0) is 17.3. The summed E-state index contributed by atoms with van der Waals surface area (Å²) in [5.74, 6) is -2.56. The van der Waals surface area contributed by atoms with Crippen molar-refractivity contribution in [1.82, 2.24) is 0 Å². The van der Waals surface area contributed by atoms with Crippen molar-refractivity contribution in [3.8, 4) is 5.75 Å². The van der Waals surface area contributed by atoms with E-state index < -0.39 is 40.0 Å². The molecular formula is C14H10F3NO5. The highest BCUT2D eigenvalue weighted by molar-refractivity contribution is 5.82. The van der Waals surface area contributed by atoms with Gasteiger partial charge in [0.15, 0.2) is 0 Å². The lowest BCUT2D eigenvalue weighted by Crippen LogP contribution is -2.56. The average molecular weight is 329 g/mol. The molecule has 0 amide bonds. The smallest absolute Gasteiger partial charge is 0.419 e. The van der Waals surface area contributed by atoms with Gasteiger partial charge in [-0.2, -0.15) is 13.2 Å². The Hall–Kier alpha value is -2.84. The van der Waals surface area contributed by atoms with E-state index in [4.69, 9.17) is 4.74 Å². The third-order valence-corrected chi connectivity index (χ3v) is 3.22. The second-order valence-electron chi connectivity index (χ2n) is 4.67. The Bertz CT molecular complexity index is 698. The van der Waals surface area contributed by atoms with Crippen molar-refractivity contribution in [3.63, 3.8) is 0 Å². The maximum absolute atomic E-state index is 13.0. The van der Waals surface area contributed by atoms with Gasteiger partial charge in [0.05, 0.1) is 5.56 Å². The lowest BCUT2D eigenvalue weighted by molar-refractivity contribution is -0.523. The molecule has 1 aliphatic rings. The minimum absolute atomic E-state index is 0.703. The number of halogens is 3. The van der Waals surface area contributed by atoms with Crippen LogP contribution in [0.25, 0.3) is 0 Å². The van der Waals surface area contributed by atoms with Gasteiger partial charge in [-0.1, -0.05) is 24.3 Å². The van der Waals surface area contributed by atoms with Crippen molar-refractivity contribution in [3.05, 3.63) is 64.2 Å². The molecule has 122 valence electrons. The maximum Gasteiger partial charge on any atom is 0.419 e. The van der Waals surface area contributed by atoms with E-state index in [2.05, 4.69) is 0 Å². The Morgan fingerprint density at radius 1 is 1.30 bits per heavy atom. The molecule has 1 aliphatic carbocycles. The highest BCUT2D eigenvalue weighted by Gasteiger charge is 2.55. The molecule has 0 bridgehead atoms. The van der Waals surface area contributed by atoms with E-state index >= 15 is 0 Å². The van der Waals surface area contributed by atoms with Crippen LogP contribution in [0, 0.1) is 10.1 Å². The fourth-order valence-electron chi connectivity index (χ4n) is 2.14. The standard InChI is InChI=1S/C14H10F3NO5/c15-14(16,17)9-5-1-2-6-10(9)23-13(12(19)20)8-4-3-7-11(13)18(21)22/h1-8,11H,(H,19,20). The van der Waals surface area contributed by atoms with E-state index in [1.165, 1.54) is 18.2 Å². The van der Waals surface area contributed by atoms with E-state index in [1.54, 1.807) is 0 Å². The van der Waals surface area contributed by atoms with E-state index in [9.17, 15) is 33.2 Å². The van der Waals surface area contributed by atoms with Gasteiger partial charge in [-0.05, 0) is 24.3 Å². The SMILES string of the molecule is O=C(O)C1(Oc2ccccc2C(F)(F)F)C=CC=CC1[N+](=O)[O-]. The van der Waals surface area contributed by atoms with Crippen molar-refractivity contribution in [2.24, 2.45) is 0 Å². The minimum Gasteiger partial charge on any atom is -0.478 e. The zero-order valence-corrected chi connectivity index (χ0v) is 11.4. The molecule has 0 aromatic heterocycles. The number of benzene rings is 1. The van der Waals surface area contributed by atoms with E-state index in [-0.39, 0.29) is 0 Å². The molecule has 2 atom stereocenters. The van der Waals surface area contributed by atoms with Crippen LogP contribution in [0.15, 0.2) is 48.6 Å². The number of carbonyl (C=O) groups is 1. The van der Waals surface area contributed by atoms with E-state index in [0.717, 1.165) is 24.3 Å². The van der Waals surface area contributed by atoms with Crippen molar-refractivity contribution in [1.29, 1.82) is 0 Å². The third-order valence-electron chi connectivity index (χ3n) is 3.22. The highest BCUT2D eigenvalue weighted by Crippen LogP contribution is 2.39. The van der Waals surface area contributed by atoms with Gasteiger partial charge in [-0.15, -0.1) is 0 Å². The van der Waals surface area contributed by atoms with Gasteiger partial charge in [0.1, 0.15) is 5.75 Å². The summed E-state index contributed by atoms with van der Waals surface area (Å²) in [6.45, 7) is 0. The summed E-state index contributed by atoms with van der Waals surface area (Å²) in [5, 5.41) is 20.5. The number of allylic oxidation sites excluding steroid dienone is 2. The summed E-state index contributed by atoms with van der Waals surface area (Å²) < 4.78 is 44.0. The maximum atomic E-state index is 13.0. The monoisotopic (exact) mass is 329 g/mol. The van der Waals surface area contributed by atoms with E-state index in [1.807, 2.05) is 0 Å². The van der Waals surface area contributed by atoms with Gasteiger partial charge in [0.2, 0.25) is 0 Å². The van der Waals surface area contributed by atoms with Crippen LogP contribution in [0.3, 0.4) is 0 Å². The van der Waals surface area contributed by atoms with Crippen LogP contribution >= 0.6 is 0 Å². The first-order chi connectivity index (χ1) is 10.7. The molecule has 2 rings (SSSR count). The van der Waals surface area contributed by atoms with E-state index in [0.29, 0.717) is 6.07 Å². The normalized spacial score (nSPS) is 23.5. The number of hydrogen-bond donors (Lipinski definition) is 1. The highest BCUT2D eigenvalue weighted by atomic mass is 19.4. The molecule has 9 heteroatoms. The molecule has 2 unspecified atom stereocenters. The summed E-state index contributed by atoms with van der Waals surface area (Å²) in [6.07, 6.45) is -0.590. The molecular weight excluding hydrogens is 319 g/mol. The van der Waals surface area contributed by atoms with Crippen LogP contribution in [-0.2, 0) is 11.0 Å². The number of para-hydroxylation sites is 1. The number of nitro groups is 1. The molecule has 0 saturated heterocycles. The van der Waals surface area contributed by atoms with Gasteiger partial charge >= 0.3 is 12.1 Å². The molecule has 0 saturated carbocycles. The fraction of sp³-hybridized carbons (Fsp3) is 0.214. The average Bonchev–Trinajstić information content (AvgIpc) is 2.46. The van der Waals surface area contributed by atoms with Crippen LogP contribution in [0.1, 0.15) is 5.56 Å². The largest absolute Gasteiger partial charge is 0.478 e. The molecule has 0 radical (unpaired) electrons. The van der Waals surface area contributed by atoms with Crippen LogP contribution in [0.4, 0.5) is 13.2 Å². The number of hydrogen-bond acceptors (Lipinski definition) is 4. The molecule has 0 aliphatic heterocycles. The van der Waals surface area contributed by atoms with Gasteiger partial charge < -0.3 is 9.84 Å². The van der Waals surface area contributed by atoms with Crippen LogP contribution in [0.2, 0.25) is 0 Å². The zero-order valence-electron chi connectivity index (χ0n) is 11.4. The predicted octanol–water partition coefficient (Wildman–Crippen LogP) is 2.68. The van der Waals surface area contributed by atoms with Gasteiger partial charge in [0.25, 0.3) is 11.6 Å². The molecule has 0 heterocycles. The minimum atomic E-state index is -4.80. The predicted molar refractivity (Wildman–Crippen MR) is 71.5 cm³/mol. The van der Waals surface area contributed by atoms with Crippen LogP contribution < -0.4 is 4.74 Å². The Balaban J connectivity index is 2.54. The number of ether oxygens (including phenoxy) is 1. The topological polar surface area (TPSA) is 89.7 Å². The summed E-state index contributed by atoms with van der Waals surface area (Å²) in [6, 6.07) is 2.06. The van der Waals surface area contributed by atoms with Crippen LogP contribution in [0.5, 0.6) is 5.75 Å². The first kappa shape index (κ1) is 16.5. The molecule has 6 nitrogen and oxygen atoms in total. The second-order valence-corrected chi connectivity index (χ2v) is 4.67. The van der Waals surface area contributed by atoms with Crippen molar-refractivity contribution < 1.29 is 32.7 Å². The van der Waals surface area contributed by atoms with Gasteiger partial charge in [0, 0.05) is 4.92 Å². The summed E-state index contributed by atoms with van der Waals surface area (Å²) in [5.41, 5.74) is -3.79. The molecule has 1 aromatic carbocycles. The summed E-state index contributed by atoms with van der Waals surface area (Å²) in [4.78, 5) is 21.7. The number of alkyl halides is 3. The second kappa shape index (κ2) is 5.75. The molecule has 23 heavy (non-hydrogen) atoms. The Labute approximate surface area is 127 Å². The van der Waals surface area contributed by atoms with Crippen molar-refractivity contribution in [2.75, 3.05) is 0 Å². The number of nitrogens with zero attached hydrogens (tertiary/aromatic N) is 1. The Morgan fingerprint density at radius 2 is 1.96 bits per heavy atom. The number of carboxylic acid groups (broad SMARTS) is 1. The fourth-order valence-corrected chi connectivity index (χ4v) is 2.14. The van der Waals surface area contributed by atoms with Gasteiger partial charge in [-0.25, -0.2) is 4.79 Å². The number of aliphatic carboxylic acids is 1. The molecule has 1 N–H and O–H groups in total.